The van der Waals surface area contributed by atoms with Crippen molar-refractivity contribution in [3.8, 4) is 0 Å². The second-order valence-electron chi connectivity index (χ2n) is 21.0. The zero-order valence-electron chi connectivity index (χ0n) is 45.6. The van der Waals surface area contributed by atoms with Crippen LogP contribution in [0.4, 0.5) is 0 Å². The first kappa shape index (κ1) is 66.5. The number of aliphatic hydroxyl groups is 4. The first-order valence-electron chi connectivity index (χ1n) is 30.4. The van der Waals surface area contributed by atoms with E-state index in [1.54, 1.807) is 0 Å². The van der Waals surface area contributed by atoms with E-state index in [4.69, 9.17) is 0 Å². The fourth-order valence-electron chi connectivity index (χ4n) is 9.56. The molecular formula is C62H119NO5. The number of allylic oxidation sites excluding steroid dienone is 6. The highest BCUT2D eigenvalue weighted by Crippen LogP contribution is 2.18. The van der Waals surface area contributed by atoms with Crippen LogP contribution in [0, 0.1) is 0 Å². The topological polar surface area (TPSA) is 110 Å². The SMILES string of the molecule is CCCCCCCCCC/C=C/CC/C=C/CC/C=C/CCCC(O)C(O)C(CO)NC(=O)C(O)CCCCCCCCCCCCCCCCCCCCCCCCCCCCCCCCC. The molecule has 6 nitrogen and oxygen atoms in total. The van der Waals surface area contributed by atoms with E-state index in [9.17, 15) is 25.2 Å². The lowest BCUT2D eigenvalue weighted by molar-refractivity contribution is -0.132. The van der Waals surface area contributed by atoms with E-state index in [0.29, 0.717) is 19.3 Å². The summed E-state index contributed by atoms with van der Waals surface area (Å²) in [5.74, 6) is -0.594. The molecule has 0 bridgehead atoms. The largest absolute Gasteiger partial charge is 0.394 e. The van der Waals surface area contributed by atoms with Crippen molar-refractivity contribution in [2.75, 3.05) is 6.61 Å². The predicted molar refractivity (Wildman–Crippen MR) is 297 cm³/mol. The molecule has 0 aromatic rings. The Morgan fingerprint density at radius 1 is 0.353 bits per heavy atom. The van der Waals surface area contributed by atoms with Gasteiger partial charge < -0.3 is 25.7 Å². The number of amides is 1. The third-order valence-electron chi connectivity index (χ3n) is 14.3. The van der Waals surface area contributed by atoms with Gasteiger partial charge in [0.2, 0.25) is 5.91 Å². The van der Waals surface area contributed by atoms with E-state index >= 15 is 0 Å². The van der Waals surface area contributed by atoms with Gasteiger partial charge in [-0.2, -0.15) is 0 Å². The van der Waals surface area contributed by atoms with E-state index in [0.717, 1.165) is 51.4 Å². The van der Waals surface area contributed by atoms with Gasteiger partial charge in [0.05, 0.1) is 18.8 Å². The van der Waals surface area contributed by atoms with Gasteiger partial charge in [0.15, 0.2) is 0 Å². The highest BCUT2D eigenvalue weighted by Gasteiger charge is 2.28. The number of aliphatic hydroxyl groups excluding tert-OH is 4. The average molecular weight is 959 g/mol. The smallest absolute Gasteiger partial charge is 0.249 e. The molecule has 402 valence electrons. The summed E-state index contributed by atoms with van der Waals surface area (Å²) >= 11 is 0. The standard InChI is InChI=1S/C62H119NO5/c1-3-5-7-9-11-13-15-17-19-21-23-25-26-27-28-29-30-31-32-33-34-36-38-40-42-44-46-48-50-52-54-56-60(66)62(68)63-58(57-64)61(67)59(65)55-53-51-49-47-45-43-41-39-37-35-24-22-20-18-16-14-12-10-8-6-4-2/h22,24,39,41,47,49,58-61,64-67H,3-21,23,25-38,40,42-46,48,50-57H2,1-2H3,(H,63,68)/b24-22+,41-39+,49-47+. The van der Waals surface area contributed by atoms with E-state index in [1.807, 2.05) is 0 Å². The Bertz CT molecular complexity index is 1080. The van der Waals surface area contributed by atoms with Crippen LogP contribution in [-0.4, -0.2) is 57.3 Å². The van der Waals surface area contributed by atoms with Crippen LogP contribution < -0.4 is 5.32 Å². The van der Waals surface area contributed by atoms with Gasteiger partial charge in [0, 0.05) is 0 Å². The molecule has 0 aliphatic carbocycles. The summed E-state index contributed by atoms with van der Waals surface area (Å²) in [5.41, 5.74) is 0. The number of carbonyl (C=O) groups is 1. The van der Waals surface area contributed by atoms with Gasteiger partial charge in [-0.05, 0) is 64.2 Å². The van der Waals surface area contributed by atoms with Gasteiger partial charge in [-0.15, -0.1) is 0 Å². The van der Waals surface area contributed by atoms with Crippen LogP contribution in [0.2, 0.25) is 0 Å². The Morgan fingerprint density at radius 2 is 0.618 bits per heavy atom. The van der Waals surface area contributed by atoms with Crippen molar-refractivity contribution in [3.05, 3.63) is 36.5 Å². The zero-order chi connectivity index (χ0) is 49.5. The Kier molecular flexibility index (Phi) is 55.2. The van der Waals surface area contributed by atoms with Gasteiger partial charge in [0.1, 0.15) is 12.2 Å². The molecule has 0 spiro atoms. The predicted octanol–water partition coefficient (Wildman–Crippen LogP) is 18.0. The van der Waals surface area contributed by atoms with E-state index in [1.165, 1.54) is 238 Å². The van der Waals surface area contributed by atoms with E-state index < -0.39 is 36.9 Å². The van der Waals surface area contributed by atoms with Crippen molar-refractivity contribution in [1.29, 1.82) is 0 Å². The Balaban J connectivity index is 3.61. The molecule has 0 fully saturated rings. The van der Waals surface area contributed by atoms with E-state index in [2.05, 4.69) is 55.6 Å². The maximum atomic E-state index is 12.6. The minimum Gasteiger partial charge on any atom is -0.394 e. The number of carbonyl (C=O) groups excluding carboxylic acids is 1. The molecule has 1 amide bonds. The highest BCUT2D eigenvalue weighted by atomic mass is 16.3. The van der Waals surface area contributed by atoms with Crippen molar-refractivity contribution in [2.24, 2.45) is 0 Å². The first-order chi connectivity index (χ1) is 33.5. The third kappa shape index (κ3) is 49.5. The highest BCUT2D eigenvalue weighted by molar-refractivity contribution is 5.80. The molecule has 6 heteroatoms. The molecule has 0 radical (unpaired) electrons. The second kappa shape index (κ2) is 56.4. The lowest BCUT2D eigenvalue weighted by Gasteiger charge is -2.27. The van der Waals surface area contributed by atoms with E-state index in [-0.39, 0.29) is 0 Å². The molecule has 0 saturated carbocycles. The Hall–Kier alpha value is -1.47. The summed E-state index contributed by atoms with van der Waals surface area (Å²) in [6.07, 6.45) is 70.9. The Labute approximate surface area is 424 Å². The molecule has 0 aliphatic heterocycles. The molecular weight excluding hydrogens is 839 g/mol. The summed E-state index contributed by atoms with van der Waals surface area (Å²) in [7, 11) is 0. The molecule has 5 N–H and O–H groups in total. The first-order valence-corrected chi connectivity index (χ1v) is 30.4. The number of hydrogen-bond donors (Lipinski definition) is 5. The summed E-state index contributed by atoms with van der Waals surface area (Å²) < 4.78 is 0. The average Bonchev–Trinajstić information content (AvgIpc) is 3.34. The van der Waals surface area contributed by atoms with Gasteiger partial charge in [-0.3, -0.25) is 4.79 Å². The monoisotopic (exact) mass is 958 g/mol. The van der Waals surface area contributed by atoms with Crippen LogP contribution in [0.15, 0.2) is 36.5 Å². The summed E-state index contributed by atoms with van der Waals surface area (Å²) in [6.45, 7) is 4.07. The van der Waals surface area contributed by atoms with Crippen LogP contribution in [0.3, 0.4) is 0 Å². The lowest BCUT2D eigenvalue weighted by atomic mass is 10.00. The summed E-state index contributed by atoms with van der Waals surface area (Å²) in [6, 6.07) is -1.01. The molecule has 0 rings (SSSR count). The van der Waals surface area contributed by atoms with Gasteiger partial charge in [-0.25, -0.2) is 0 Å². The van der Waals surface area contributed by atoms with Gasteiger partial charge in [0.25, 0.3) is 0 Å². The summed E-state index contributed by atoms with van der Waals surface area (Å²) in [5, 5.41) is 44.0. The van der Waals surface area contributed by atoms with Crippen molar-refractivity contribution in [2.45, 2.75) is 346 Å². The number of rotatable bonds is 56. The summed E-state index contributed by atoms with van der Waals surface area (Å²) in [4.78, 5) is 12.6. The van der Waals surface area contributed by atoms with Crippen LogP contribution in [-0.2, 0) is 4.79 Å². The Morgan fingerprint density at radius 3 is 0.926 bits per heavy atom. The number of hydrogen-bond acceptors (Lipinski definition) is 5. The van der Waals surface area contributed by atoms with Crippen molar-refractivity contribution in [3.63, 3.8) is 0 Å². The number of nitrogens with one attached hydrogen (secondary N) is 1. The second-order valence-corrected chi connectivity index (χ2v) is 21.0. The minimum atomic E-state index is -1.29. The van der Waals surface area contributed by atoms with Crippen LogP contribution in [0.5, 0.6) is 0 Å². The maximum Gasteiger partial charge on any atom is 0.249 e. The third-order valence-corrected chi connectivity index (χ3v) is 14.3. The van der Waals surface area contributed by atoms with Crippen molar-refractivity contribution < 1.29 is 25.2 Å². The van der Waals surface area contributed by atoms with Crippen LogP contribution in [0.1, 0.15) is 322 Å². The molecule has 68 heavy (non-hydrogen) atoms. The quantitative estimate of drug-likeness (QED) is 0.0308. The minimum absolute atomic E-state index is 0.362. The van der Waals surface area contributed by atoms with Gasteiger partial charge >= 0.3 is 0 Å². The number of unbranched alkanes of at least 4 members (excludes halogenated alkanes) is 41. The van der Waals surface area contributed by atoms with Crippen molar-refractivity contribution >= 4 is 5.91 Å². The fourth-order valence-corrected chi connectivity index (χ4v) is 9.56. The molecule has 4 atom stereocenters. The molecule has 0 heterocycles. The molecule has 0 aliphatic rings. The molecule has 0 saturated heterocycles. The molecule has 0 aromatic heterocycles. The van der Waals surface area contributed by atoms with Crippen LogP contribution >= 0.6 is 0 Å². The van der Waals surface area contributed by atoms with Gasteiger partial charge in [-0.1, -0.05) is 294 Å². The molecule has 0 aromatic carbocycles. The lowest BCUT2D eigenvalue weighted by Crippen LogP contribution is -2.53. The zero-order valence-corrected chi connectivity index (χ0v) is 45.6. The van der Waals surface area contributed by atoms with Crippen molar-refractivity contribution in [1.82, 2.24) is 5.32 Å². The molecule has 4 unspecified atom stereocenters. The fraction of sp³-hybridized carbons (Fsp3) is 0.887. The van der Waals surface area contributed by atoms with Crippen LogP contribution in [0.25, 0.3) is 0 Å². The normalized spacial score (nSPS) is 13.9. The maximum absolute atomic E-state index is 12.6.